The maximum atomic E-state index is 13.1. The van der Waals surface area contributed by atoms with Crippen LogP contribution in [0.4, 0.5) is 19.6 Å². The van der Waals surface area contributed by atoms with E-state index >= 15 is 0 Å². The molecule has 2 aromatic carbocycles. The third-order valence-corrected chi connectivity index (χ3v) is 3.78. The Kier molecular flexibility index (Phi) is 3.08. The summed E-state index contributed by atoms with van der Waals surface area (Å²) in [5, 5.41) is 3.87. The van der Waals surface area contributed by atoms with Gasteiger partial charge in [-0.05, 0) is 36.4 Å². The average Bonchev–Trinajstić information content (AvgIpc) is 2.75. The fourth-order valence-electron chi connectivity index (χ4n) is 1.66. The Bertz CT molecular complexity index is 757. The van der Waals surface area contributed by atoms with Crippen molar-refractivity contribution in [3.63, 3.8) is 0 Å². The highest BCUT2D eigenvalue weighted by atomic mass is 35.5. The molecule has 2 nitrogen and oxygen atoms in total. The molecule has 1 aromatic heterocycles. The van der Waals surface area contributed by atoms with Gasteiger partial charge in [0.15, 0.2) is 5.13 Å². The van der Waals surface area contributed by atoms with Crippen molar-refractivity contribution in [2.75, 3.05) is 5.32 Å². The van der Waals surface area contributed by atoms with Crippen LogP contribution in [0.15, 0.2) is 36.4 Å². The molecule has 0 spiro atoms. The summed E-state index contributed by atoms with van der Waals surface area (Å²) in [6.07, 6.45) is 0. The Hall–Kier alpha value is -1.72. The lowest BCUT2D eigenvalue weighted by atomic mass is 10.3. The van der Waals surface area contributed by atoms with Crippen LogP contribution >= 0.6 is 22.9 Å². The van der Waals surface area contributed by atoms with Crippen molar-refractivity contribution in [3.05, 3.63) is 53.1 Å². The minimum Gasteiger partial charge on any atom is -0.330 e. The smallest absolute Gasteiger partial charge is 0.188 e. The van der Waals surface area contributed by atoms with E-state index in [-0.39, 0.29) is 11.6 Å². The van der Waals surface area contributed by atoms with Crippen molar-refractivity contribution in [2.24, 2.45) is 0 Å². The second-order valence-corrected chi connectivity index (χ2v) is 5.32. The van der Waals surface area contributed by atoms with Gasteiger partial charge >= 0.3 is 0 Å². The monoisotopic (exact) mass is 296 g/mol. The summed E-state index contributed by atoms with van der Waals surface area (Å²) in [6, 6.07) is 8.38. The van der Waals surface area contributed by atoms with Gasteiger partial charge in [0.25, 0.3) is 0 Å². The van der Waals surface area contributed by atoms with Gasteiger partial charge in [0.2, 0.25) is 0 Å². The number of rotatable bonds is 2. The van der Waals surface area contributed by atoms with E-state index in [9.17, 15) is 8.78 Å². The Morgan fingerprint density at radius 2 is 1.79 bits per heavy atom. The van der Waals surface area contributed by atoms with Gasteiger partial charge in [-0.25, -0.2) is 13.8 Å². The predicted molar refractivity (Wildman–Crippen MR) is 74.3 cm³/mol. The Morgan fingerprint density at radius 1 is 1.05 bits per heavy atom. The van der Waals surface area contributed by atoms with Crippen LogP contribution in [0.25, 0.3) is 10.2 Å². The maximum absolute atomic E-state index is 13.1. The molecule has 0 bridgehead atoms. The molecule has 0 aliphatic heterocycles. The molecule has 0 radical (unpaired) electrons. The van der Waals surface area contributed by atoms with E-state index in [1.54, 1.807) is 6.07 Å². The maximum Gasteiger partial charge on any atom is 0.188 e. The number of halogens is 3. The first-order chi connectivity index (χ1) is 9.11. The molecule has 0 saturated carbocycles. The van der Waals surface area contributed by atoms with Crippen molar-refractivity contribution in [2.45, 2.75) is 0 Å². The minimum atomic E-state index is -0.390. The molecule has 0 aliphatic carbocycles. The number of fused-ring (bicyclic) bond motifs is 1. The number of hydrogen-bond acceptors (Lipinski definition) is 3. The molecular formula is C13H7ClF2N2S. The SMILES string of the molecule is Fc1ccc(Cl)c(Nc2nc3ccc(F)cc3s2)c1. The van der Waals surface area contributed by atoms with E-state index in [4.69, 9.17) is 11.6 Å². The molecule has 0 aliphatic rings. The zero-order chi connectivity index (χ0) is 13.4. The highest BCUT2D eigenvalue weighted by molar-refractivity contribution is 7.22. The molecule has 3 aromatic rings. The van der Waals surface area contributed by atoms with Crippen LogP contribution in [-0.4, -0.2) is 4.98 Å². The van der Waals surface area contributed by atoms with Gasteiger partial charge in [0.05, 0.1) is 20.9 Å². The zero-order valence-corrected chi connectivity index (χ0v) is 11.0. The van der Waals surface area contributed by atoms with E-state index in [1.807, 2.05) is 0 Å². The molecule has 96 valence electrons. The van der Waals surface area contributed by atoms with E-state index in [2.05, 4.69) is 10.3 Å². The lowest BCUT2D eigenvalue weighted by Gasteiger charge is -2.04. The quantitative estimate of drug-likeness (QED) is 0.722. The van der Waals surface area contributed by atoms with Crippen molar-refractivity contribution in [3.8, 4) is 0 Å². The largest absolute Gasteiger partial charge is 0.330 e. The van der Waals surface area contributed by atoms with Crippen LogP contribution < -0.4 is 5.32 Å². The zero-order valence-electron chi connectivity index (χ0n) is 9.45. The summed E-state index contributed by atoms with van der Waals surface area (Å²) >= 11 is 7.24. The van der Waals surface area contributed by atoms with Crippen molar-refractivity contribution >= 4 is 44.0 Å². The molecule has 3 rings (SSSR count). The Balaban J connectivity index is 1.98. The number of nitrogens with zero attached hydrogens (tertiary/aromatic N) is 1. The molecule has 19 heavy (non-hydrogen) atoms. The normalized spacial score (nSPS) is 10.9. The topological polar surface area (TPSA) is 24.9 Å². The molecule has 0 atom stereocenters. The second kappa shape index (κ2) is 4.75. The highest BCUT2D eigenvalue weighted by Gasteiger charge is 2.08. The second-order valence-electron chi connectivity index (χ2n) is 3.88. The van der Waals surface area contributed by atoms with Crippen LogP contribution in [0, 0.1) is 11.6 Å². The fraction of sp³-hybridized carbons (Fsp3) is 0. The Labute approximate surface area is 116 Å². The molecule has 1 N–H and O–H groups in total. The lowest BCUT2D eigenvalue weighted by molar-refractivity contribution is 0.628. The number of benzene rings is 2. The standard InChI is InChI=1S/C13H7ClF2N2S/c14-9-3-1-7(15)5-11(9)18-13-17-10-4-2-8(16)6-12(10)19-13/h1-6H,(H,17,18). The molecule has 0 amide bonds. The summed E-state index contributed by atoms with van der Waals surface area (Å²) in [5.74, 6) is -0.703. The number of thiazole rings is 1. The third-order valence-electron chi connectivity index (χ3n) is 2.52. The van der Waals surface area contributed by atoms with Gasteiger partial charge < -0.3 is 5.32 Å². The van der Waals surface area contributed by atoms with Crippen LogP contribution in [0.2, 0.25) is 5.02 Å². The van der Waals surface area contributed by atoms with Crippen LogP contribution in [0.3, 0.4) is 0 Å². The number of anilines is 2. The van der Waals surface area contributed by atoms with Crippen LogP contribution in [-0.2, 0) is 0 Å². The van der Waals surface area contributed by atoms with Gasteiger partial charge in [-0.15, -0.1) is 0 Å². The molecular weight excluding hydrogens is 290 g/mol. The average molecular weight is 297 g/mol. The summed E-state index contributed by atoms with van der Waals surface area (Å²) in [5.41, 5.74) is 1.11. The lowest BCUT2D eigenvalue weighted by Crippen LogP contribution is -1.91. The fourth-order valence-corrected chi connectivity index (χ4v) is 2.73. The third kappa shape index (κ3) is 2.52. The first-order valence-electron chi connectivity index (χ1n) is 5.40. The van der Waals surface area contributed by atoms with Gasteiger partial charge in [0.1, 0.15) is 11.6 Å². The summed E-state index contributed by atoms with van der Waals surface area (Å²) in [7, 11) is 0. The molecule has 0 saturated heterocycles. The summed E-state index contributed by atoms with van der Waals surface area (Å²) in [6.45, 7) is 0. The van der Waals surface area contributed by atoms with Gasteiger partial charge in [-0.3, -0.25) is 0 Å². The first kappa shape index (κ1) is 12.3. The summed E-state index contributed by atoms with van der Waals surface area (Å²) < 4.78 is 26.9. The van der Waals surface area contributed by atoms with E-state index < -0.39 is 0 Å². The van der Waals surface area contributed by atoms with E-state index in [0.29, 0.717) is 21.4 Å². The van der Waals surface area contributed by atoms with Crippen molar-refractivity contribution in [1.29, 1.82) is 0 Å². The van der Waals surface area contributed by atoms with Crippen LogP contribution in [0.5, 0.6) is 0 Å². The molecule has 0 unspecified atom stereocenters. The van der Waals surface area contributed by atoms with Crippen molar-refractivity contribution in [1.82, 2.24) is 4.98 Å². The minimum absolute atomic E-state index is 0.313. The molecule has 0 fully saturated rings. The summed E-state index contributed by atoms with van der Waals surface area (Å²) in [4.78, 5) is 4.28. The van der Waals surface area contributed by atoms with Crippen LogP contribution in [0.1, 0.15) is 0 Å². The number of nitrogens with one attached hydrogen (secondary N) is 1. The number of aromatic nitrogens is 1. The number of hydrogen-bond donors (Lipinski definition) is 1. The van der Waals surface area contributed by atoms with Crippen molar-refractivity contribution < 1.29 is 8.78 Å². The molecule has 6 heteroatoms. The van der Waals surface area contributed by atoms with Gasteiger partial charge in [0, 0.05) is 0 Å². The van der Waals surface area contributed by atoms with Gasteiger partial charge in [-0.2, -0.15) is 0 Å². The highest BCUT2D eigenvalue weighted by Crippen LogP contribution is 2.31. The Morgan fingerprint density at radius 3 is 2.63 bits per heavy atom. The predicted octanol–water partition coefficient (Wildman–Crippen LogP) is 4.97. The van der Waals surface area contributed by atoms with Gasteiger partial charge in [-0.1, -0.05) is 22.9 Å². The van der Waals surface area contributed by atoms with E-state index in [1.165, 1.54) is 41.7 Å². The first-order valence-corrected chi connectivity index (χ1v) is 6.59. The molecule has 1 heterocycles. The van der Waals surface area contributed by atoms with E-state index in [0.717, 1.165) is 4.70 Å².